The Labute approximate surface area is 129 Å². The number of methoxy groups -OCH3 is 1. The molecule has 118 valence electrons. The lowest BCUT2D eigenvalue weighted by Gasteiger charge is -2.14. The van der Waals surface area contributed by atoms with Gasteiger partial charge in [-0.15, -0.1) is 0 Å². The van der Waals surface area contributed by atoms with E-state index in [9.17, 15) is 4.79 Å². The summed E-state index contributed by atoms with van der Waals surface area (Å²) in [6.07, 6.45) is 5.24. The Balaban J connectivity index is 1.89. The quantitative estimate of drug-likeness (QED) is 0.858. The van der Waals surface area contributed by atoms with Crippen molar-refractivity contribution < 1.29 is 9.53 Å². The van der Waals surface area contributed by atoms with Crippen LogP contribution in [0.15, 0.2) is 36.8 Å². The molecule has 0 bridgehead atoms. The summed E-state index contributed by atoms with van der Waals surface area (Å²) in [5, 5.41) is 9.86. The average molecular weight is 303 g/mol. The van der Waals surface area contributed by atoms with Crippen molar-refractivity contribution in [2.45, 2.75) is 25.9 Å². The summed E-state index contributed by atoms with van der Waals surface area (Å²) >= 11 is 0. The largest absolute Gasteiger partial charge is 0.382 e. The lowest BCUT2D eigenvalue weighted by atomic mass is 10.1. The number of ether oxygens (including phenoxy) is 1. The third-order valence-corrected chi connectivity index (χ3v) is 3.24. The Hall–Kier alpha value is -2.41. The van der Waals surface area contributed by atoms with Crippen molar-refractivity contribution in [2.75, 3.05) is 19.0 Å². The number of aromatic nitrogens is 3. The molecule has 2 amide bonds. The van der Waals surface area contributed by atoms with Gasteiger partial charge in [-0.2, -0.15) is 5.10 Å². The molecular formula is C15H21N5O2. The van der Waals surface area contributed by atoms with Gasteiger partial charge in [0.1, 0.15) is 0 Å². The zero-order valence-corrected chi connectivity index (χ0v) is 13.0. The number of urea groups is 1. The molecule has 2 aromatic heterocycles. The Bertz CT molecular complexity index is 599. The average Bonchev–Trinajstić information content (AvgIpc) is 2.96. The van der Waals surface area contributed by atoms with E-state index in [1.165, 1.54) is 0 Å². The van der Waals surface area contributed by atoms with E-state index in [0.29, 0.717) is 12.4 Å². The number of pyridine rings is 1. The monoisotopic (exact) mass is 303 g/mol. The minimum Gasteiger partial charge on any atom is -0.382 e. The summed E-state index contributed by atoms with van der Waals surface area (Å²) in [4.78, 5) is 16.0. The molecule has 0 aliphatic heterocycles. The van der Waals surface area contributed by atoms with Crippen molar-refractivity contribution in [3.63, 3.8) is 0 Å². The van der Waals surface area contributed by atoms with E-state index in [1.807, 2.05) is 32.2 Å². The van der Waals surface area contributed by atoms with Gasteiger partial charge in [-0.05, 0) is 25.5 Å². The van der Waals surface area contributed by atoms with Crippen molar-refractivity contribution in [1.82, 2.24) is 20.1 Å². The Morgan fingerprint density at radius 2 is 2.23 bits per heavy atom. The number of hydrogen-bond donors (Lipinski definition) is 2. The molecule has 0 aromatic carbocycles. The maximum absolute atomic E-state index is 12.0. The molecule has 0 saturated carbocycles. The molecule has 7 nitrogen and oxygen atoms in total. The van der Waals surface area contributed by atoms with Crippen LogP contribution < -0.4 is 10.6 Å². The third-order valence-electron chi connectivity index (χ3n) is 3.24. The van der Waals surface area contributed by atoms with Gasteiger partial charge in [0.05, 0.1) is 18.7 Å². The lowest BCUT2D eigenvalue weighted by Crippen LogP contribution is -2.31. The summed E-state index contributed by atoms with van der Waals surface area (Å²) in [6, 6.07) is 5.17. The van der Waals surface area contributed by atoms with Crippen molar-refractivity contribution in [1.29, 1.82) is 0 Å². The first kappa shape index (κ1) is 16.0. The van der Waals surface area contributed by atoms with Crippen molar-refractivity contribution in [3.05, 3.63) is 42.4 Å². The summed E-state index contributed by atoms with van der Waals surface area (Å²) in [5.74, 6) is 0.499. The molecule has 2 atom stereocenters. The molecular weight excluding hydrogens is 282 g/mol. The van der Waals surface area contributed by atoms with Crippen LogP contribution in [0.25, 0.3) is 0 Å². The van der Waals surface area contributed by atoms with Gasteiger partial charge < -0.3 is 10.1 Å². The van der Waals surface area contributed by atoms with E-state index in [-0.39, 0.29) is 18.1 Å². The van der Waals surface area contributed by atoms with Crippen molar-refractivity contribution in [2.24, 2.45) is 0 Å². The summed E-state index contributed by atoms with van der Waals surface area (Å²) in [5.41, 5.74) is 0.942. The normalized spacial score (nSPS) is 13.4. The maximum Gasteiger partial charge on any atom is 0.320 e. The topological polar surface area (TPSA) is 81.1 Å². The maximum atomic E-state index is 12.0. The van der Waals surface area contributed by atoms with E-state index in [1.54, 1.807) is 30.3 Å². The molecule has 0 unspecified atom stereocenters. The minimum absolute atomic E-state index is 0.109. The van der Waals surface area contributed by atoms with Gasteiger partial charge in [0.15, 0.2) is 5.82 Å². The van der Waals surface area contributed by atoms with Crippen LogP contribution in [0, 0.1) is 0 Å². The van der Waals surface area contributed by atoms with Crippen LogP contribution in [0.3, 0.4) is 0 Å². The van der Waals surface area contributed by atoms with Crippen LogP contribution in [0.5, 0.6) is 0 Å². The fourth-order valence-corrected chi connectivity index (χ4v) is 2.03. The van der Waals surface area contributed by atoms with Crippen LogP contribution in [0.4, 0.5) is 10.6 Å². The summed E-state index contributed by atoms with van der Waals surface area (Å²) < 4.78 is 6.84. The molecule has 0 spiro atoms. The molecule has 0 fully saturated rings. The minimum atomic E-state index is -0.305. The SMILES string of the molecule is COC[C@@H](C)n1ccc(NC(=O)N[C@H](C)c2cccnc2)n1. The number of amides is 2. The van der Waals surface area contributed by atoms with E-state index in [0.717, 1.165) is 5.56 Å². The molecule has 0 aliphatic carbocycles. The molecule has 2 heterocycles. The molecule has 0 saturated heterocycles. The Morgan fingerprint density at radius 1 is 1.41 bits per heavy atom. The van der Waals surface area contributed by atoms with Gasteiger partial charge >= 0.3 is 6.03 Å². The van der Waals surface area contributed by atoms with Gasteiger partial charge in [0.2, 0.25) is 0 Å². The van der Waals surface area contributed by atoms with Gasteiger partial charge in [0, 0.05) is 31.8 Å². The molecule has 2 aromatic rings. The fraction of sp³-hybridized carbons (Fsp3) is 0.400. The first-order valence-corrected chi connectivity index (χ1v) is 7.11. The van der Waals surface area contributed by atoms with Crippen molar-refractivity contribution >= 4 is 11.8 Å². The zero-order valence-electron chi connectivity index (χ0n) is 13.0. The number of nitrogens with zero attached hydrogens (tertiary/aromatic N) is 3. The standard InChI is InChI=1S/C15H21N5O2/c1-11(10-22-3)20-8-6-14(19-20)18-15(21)17-12(2)13-5-4-7-16-9-13/h4-9,11-12H,10H2,1-3H3,(H2,17,18,19,21)/t11-,12-/m1/s1. The molecule has 0 aliphatic rings. The highest BCUT2D eigenvalue weighted by molar-refractivity contribution is 5.88. The van der Waals surface area contributed by atoms with Crippen LogP contribution in [0.1, 0.15) is 31.5 Å². The highest BCUT2D eigenvalue weighted by Crippen LogP contribution is 2.12. The molecule has 22 heavy (non-hydrogen) atoms. The van der Waals surface area contributed by atoms with E-state index < -0.39 is 0 Å². The summed E-state index contributed by atoms with van der Waals surface area (Å²) in [7, 11) is 1.65. The van der Waals surface area contributed by atoms with Gasteiger partial charge in [-0.1, -0.05) is 6.07 Å². The predicted molar refractivity (Wildman–Crippen MR) is 83.6 cm³/mol. The van der Waals surface area contributed by atoms with Crippen molar-refractivity contribution in [3.8, 4) is 0 Å². The highest BCUT2D eigenvalue weighted by Gasteiger charge is 2.12. The highest BCUT2D eigenvalue weighted by atomic mass is 16.5. The van der Waals surface area contributed by atoms with E-state index in [2.05, 4.69) is 20.7 Å². The first-order valence-electron chi connectivity index (χ1n) is 7.11. The van der Waals surface area contributed by atoms with E-state index in [4.69, 9.17) is 4.74 Å². The van der Waals surface area contributed by atoms with Crippen LogP contribution in [-0.2, 0) is 4.74 Å². The smallest absolute Gasteiger partial charge is 0.320 e. The third kappa shape index (κ3) is 4.29. The van der Waals surface area contributed by atoms with Crippen LogP contribution in [0.2, 0.25) is 0 Å². The van der Waals surface area contributed by atoms with Crippen LogP contribution in [-0.4, -0.2) is 34.5 Å². The predicted octanol–water partition coefficient (Wildman–Crippen LogP) is 2.37. The number of nitrogens with one attached hydrogen (secondary N) is 2. The Kier molecular flexibility index (Phi) is 5.48. The van der Waals surface area contributed by atoms with Gasteiger partial charge in [-0.3, -0.25) is 15.0 Å². The van der Waals surface area contributed by atoms with Gasteiger partial charge in [-0.25, -0.2) is 4.79 Å². The second kappa shape index (κ2) is 7.56. The molecule has 2 N–H and O–H groups in total. The number of carbonyl (C=O) groups excluding carboxylic acids is 1. The number of hydrogen-bond acceptors (Lipinski definition) is 4. The second-order valence-electron chi connectivity index (χ2n) is 5.09. The molecule has 2 rings (SSSR count). The number of anilines is 1. The van der Waals surface area contributed by atoms with Crippen LogP contribution >= 0.6 is 0 Å². The zero-order chi connectivity index (χ0) is 15.9. The number of rotatable bonds is 6. The Morgan fingerprint density at radius 3 is 2.91 bits per heavy atom. The second-order valence-corrected chi connectivity index (χ2v) is 5.09. The lowest BCUT2D eigenvalue weighted by molar-refractivity contribution is 0.157. The van der Waals surface area contributed by atoms with E-state index >= 15 is 0 Å². The number of carbonyl (C=O) groups is 1. The first-order chi connectivity index (χ1) is 10.6. The van der Waals surface area contributed by atoms with Gasteiger partial charge in [0.25, 0.3) is 0 Å². The summed E-state index contributed by atoms with van der Waals surface area (Å²) in [6.45, 7) is 4.45. The molecule has 7 heteroatoms. The molecule has 0 radical (unpaired) electrons. The fourth-order valence-electron chi connectivity index (χ4n) is 2.03.